The number of carbonyl (C=O) groups excluding carboxylic acids is 1. The first-order chi connectivity index (χ1) is 16.7. The second-order valence-corrected chi connectivity index (χ2v) is 9.48. The molecule has 0 saturated heterocycles. The highest BCUT2D eigenvalue weighted by Gasteiger charge is 2.30. The normalized spacial score (nSPS) is 12.5. The zero-order valence-electron chi connectivity index (χ0n) is 21.2. The van der Waals surface area contributed by atoms with Gasteiger partial charge in [0.05, 0.1) is 11.6 Å². The molecule has 0 fully saturated rings. The molecule has 0 bridgehead atoms. The van der Waals surface area contributed by atoms with Crippen molar-refractivity contribution in [1.29, 1.82) is 0 Å². The summed E-state index contributed by atoms with van der Waals surface area (Å²) in [5, 5.41) is 0. The molecular formula is C29H40F3N2O. The molecule has 6 heteroatoms. The first-order valence-electron chi connectivity index (χ1n) is 12.9. The first-order valence-corrected chi connectivity index (χ1v) is 12.9. The molecule has 1 radical (unpaired) electrons. The molecule has 1 atom stereocenters. The summed E-state index contributed by atoms with van der Waals surface area (Å²) in [4.78, 5) is 14.5. The molecule has 1 unspecified atom stereocenters. The van der Waals surface area contributed by atoms with E-state index in [-0.39, 0.29) is 5.91 Å². The molecule has 0 aliphatic rings. The van der Waals surface area contributed by atoms with E-state index >= 15 is 0 Å². The minimum absolute atomic E-state index is 0.0161. The second kappa shape index (κ2) is 14.9. The third-order valence-corrected chi connectivity index (χ3v) is 6.47. The maximum absolute atomic E-state index is 12.7. The Morgan fingerprint density at radius 1 is 0.829 bits per heavy atom. The summed E-state index contributed by atoms with van der Waals surface area (Å²) in [5.74, 6) is -0.0161. The Labute approximate surface area is 208 Å². The van der Waals surface area contributed by atoms with Gasteiger partial charge in [-0.25, -0.2) is 5.73 Å². The van der Waals surface area contributed by atoms with Gasteiger partial charge >= 0.3 is 6.18 Å². The monoisotopic (exact) mass is 489 g/mol. The molecule has 0 saturated carbocycles. The molecule has 2 aromatic carbocycles. The lowest BCUT2D eigenvalue weighted by atomic mass is 9.98. The van der Waals surface area contributed by atoms with E-state index in [2.05, 4.69) is 6.92 Å². The van der Waals surface area contributed by atoms with E-state index in [1.165, 1.54) is 63.5 Å². The third-order valence-electron chi connectivity index (χ3n) is 6.47. The number of halogens is 3. The number of unbranched alkanes of at least 4 members (excludes halogenated alkanes) is 9. The van der Waals surface area contributed by atoms with Crippen molar-refractivity contribution < 1.29 is 18.0 Å². The average Bonchev–Trinajstić information content (AvgIpc) is 2.84. The molecule has 0 aromatic heterocycles. The van der Waals surface area contributed by atoms with Crippen LogP contribution in [0.2, 0.25) is 0 Å². The largest absolute Gasteiger partial charge is 0.416 e. The van der Waals surface area contributed by atoms with Gasteiger partial charge in [0, 0.05) is 19.2 Å². The van der Waals surface area contributed by atoms with Crippen LogP contribution in [0.25, 0.3) is 0 Å². The maximum atomic E-state index is 12.7. The van der Waals surface area contributed by atoms with Crippen molar-refractivity contribution >= 4 is 5.91 Å². The van der Waals surface area contributed by atoms with Crippen molar-refractivity contribution in [2.45, 2.75) is 89.8 Å². The SMILES string of the molecule is CCCCCCCCCCCCN(C)C(=O)c1ccc(CC([NH])c2ccc(C(F)(F)F)cc2)cc1. The van der Waals surface area contributed by atoms with Gasteiger partial charge in [-0.15, -0.1) is 0 Å². The summed E-state index contributed by atoms with van der Waals surface area (Å²) in [7, 11) is 1.83. The van der Waals surface area contributed by atoms with Crippen molar-refractivity contribution in [1.82, 2.24) is 10.6 Å². The minimum atomic E-state index is -4.38. The lowest BCUT2D eigenvalue weighted by Gasteiger charge is -2.18. The zero-order valence-corrected chi connectivity index (χ0v) is 21.2. The molecule has 0 spiro atoms. The molecular weight excluding hydrogens is 449 g/mol. The van der Waals surface area contributed by atoms with Gasteiger partial charge in [-0.1, -0.05) is 89.0 Å². The number of amides is 1. The highest BCUT2D eigenvalue weighted by molar-refractivity contribution is 5.94. The molecule has 0 aliphatic carbocycles. The van der Waals surface area contributed by atoms with Gasteiger partial charge in [0.25, 0.3) is 5.91 Å². The molecule has 2 rings (SSSR count). The number of hydrogen-bond acceptors (Lipinski definition) is 1. The lowest BCUT2D eigenvalue weighted by Crippen LogP contribution is -2.27. The average molecular weight is 490 g/mol. The molecule has 193 valence electrons. The van der Waals surface area contributed by atoms with E-state index in [9.17, 15) is 18.0 Å². The van der Waals surface area contributed by atoms with Crippen molar-refractivity contribution in [3.63, 3.8) is 0 Å². The molecule has 1 N–H and O–H groups in total. The van der Waals surface area contributed by atoms with Crippen molar-refractivity contribution in [2.24, 2.45) is 0 Å². The number of hydrogen-bond donors (Lipinski definition) is 0. The predicted molar refractivity (Wildman–Crippen MR) is 136 cm³/mol. The van der Waals surface area contributed by atoms with Gasteiger partial charge in [-0.05, 0) is 48.2 Å². The fourth-order valence-electron chi connectivity index (χ4n) is 4.20. The maximum Gasteiger partial charge on any atom is 0.416 e. The molecule has 1 amide bonds. The van der Waals surface area contributed by atoms with Crippen molar-refractivity contribution in [3.8, 4) is 0 Å². The van der Waals surface area contributed by atoms with Gasteiger partial charge in [0.2, 0.25) is 0 Å². The topological polar surface area (TPSA) is 44.1 Å². The van der Waals surface area contributed by atoms with Crippen molar-refractivity contribution in [3.05, 3.63) is 70.8 Å². The van der Waals surface area contributed by atoms with Gasteiger partial charge in [-0.2, -0.15) is 13.2 Å². The Morgan fingerprint density at radius 3 is 1.86 bits per heavy atom. The van der Waals surface area contributed by atoms with Crippen LogP contribution in [0.1, 0.15) is 104 Å². The van der Waals surface area contributed by atoms with E-state index in [1.807, 2.05) is 19.2 Å². The Bertz CT molecular complexity index is 863. The number of rotatable bonds is 15. The van der Waals surface area contributed by atoms with Crippen LogP contribution in [0.5, 0.6) is 0 Å². The fourth-order valence-corrected chi connectivity index (χ4v) is 4.20. The van der Waals surface area contributed by atoms with Crippen LogP contribution in [0, 0.1) is 0 Å². The smallest absolute Gasteiger partial charge is 0.342 e. The number of carbonyl (C=O) groups is 1. The van der Waals surface area contributed by atoms with Crippen LogP contribution < -0.4 is 5.73 Å². The summed E-state index contributed by atoms with van der Waals surface area (Å²) in [6, 6.07) is 11.3. The Hall–Kier alpha value is -2.34. The first kappa shape index (κ1) is 28.9. The van der Waals surface area contributed by atoms with E-state index in [0.717, 1.165) is 37.1 Å². The van der Waals surface area contributed by atoms with E-state index in [0.29, 0.717) is 17.5 Å². The number of nitrogens with zero attached hydrogens (tertiary/aromatic N) is 1. The van der Waals surface area contributed by atoms with Crippen LogP contribution in [0.15, 0.2) is 48.5 Å². The fraction of sp³-hybridized carbons (Fsp3) is 0.552. The van der Waals surface area contributed by atoms with Crippen LogP contribution in [-0.4, -0.2) is 24.4 Å². The quantitative estimate of drug-likeness (QED) is 0.232. The molecule has 2 aromatic rings. The molecule has 0 aliphatic heterocycles. The summed E-state index contributed by atoms with van der Waals surface area (Å²) < 4.78 is 38.2. The molecule has 0 heterocycles. The second-order valence-electron chi connectivity index (χ2n) is 9.48. The Balaban J connectivity index is 1.71. The Morgan fingerprint density at radius 2 is 1.34 bits per heavy atom. The zero-order chi connectivity index (χ0) is 25.7. The Kier molecular flexibility index (Phi) is 12.3. The summed E-state index contributed by atoms with van der Waals surface area (Å²) in [6.45, 7) is 2.97. The van der Waals surface area contributed by atoms with E-state index in [4.69, 9.17) is 5.73 Å². The number of alkyl halides is 3. The van der Waals surface area contributed by atoms with Gasteiger partial charge in [0.1, 0.15) is 0 Å². The highest BCUT2D eigenvalue weighted by atomic mass is 19.4. The number of nitrogens with one attached hydrogen (secondary N) is 1. The molecule has 3 nitrogen and oxygen atoms in total. The number of benzene rings is 2. The highest BCUT2D eigenvalue weighted by Crippen LogP contribution is 2.30. The standard InChI is InChI=1S/C29H40F3N2O/c1-3-4-5-6-7-8-9-10-11-12-21-34(2)28(35)25-15-13-23(14-16-25)22-27(33)24-17-19-26(20-18-24)29(30,31)32/h13-20,27,33H,3-12,21-22H2,1-2H3. The summed E-state index contributed by atoms with van der Waals surface area (Å²) >= 11 is 0. The van der Waals surface area contributed by atoms with Gasteiger partial charge in [-0.3, -0.25) is 4.79 Å². The molecule has 35 heavy (non-hydrogen) atoms. The van der Waals surface area contributed by atoms with Crippen LogP contribution in [0.3, 0.4) is 0 Å². The van der Waals surface area contributed by atoms with Crippen molar-refractivity contribution in [2.75, 3.05) is 13.6 Å². The van der Waals surface area contributed by atoms with E-state index < -0.39 is 17.8 Å². The van der Waals surface area contributed by atoms with E-state index in [1.54, 1.807) is 17.0 Å². The van der Waals surface area contributed by atoms with Crippen LogP contribution >= 0.6 is 0 Å². The predicted octanol–water partition coefficient (Wildman–Crippen LogP) is 8.27. The van der Waals surface area contributed by atoms with Gasteiger partial charge in [0.15, 0.2) is 0 Å². The van der Waals surface area contributed by atoms with Crippen LogP contribution in [0.4, 0.5) is 13.2 Å². The lowest BCUT2D eigenvalue weighted by molar-refractivity contribution is -0.137. The minimum Gasteiger partial charge on any atom is -0.342 e. The third kappa shape index (κ3) is 10.4. The van der Waals surface area contributed by atoms with Crippen LogP contribution in [-0.2, 0) is 12.6 Å². The van der Waals surface area contributed by atoms with Gasteiger partial charge < -0.3 is 4.90 Å². The summed E-state index contributed by atoms with van der Waals surface area (Å²) in [5.41, 5.74) is 9.61. The summed E-state index contributed by atoms with van der Waals surface area (Å²) in [6.07, 6.45) is 8.60.